The van der Waals surface area contributed by atoms with Gasteiger partial charge < -0.3 is 0 Å². The fraction of sp³-hybridized carbons (Fsp3) is 0.684. The molecule has 2 unspecified atom stereocenters. The number of likely N-dealkylation sites (N-methyl/N-ethyl adjacent to an activating group) is 2. The van der Waals surface area contributed by atoms with Crippen molar-refractivity contribution < 1.29 is 3.51 Å². The van der Waals surface area contributed by atoms with E-state index < -0.39 is 0 Å². The van der Waals surface area contributed by atoms with Crippen LogP contribution in [0.15, 0.2) is 35.2 Å². The van der Waals surface area contributed by atoms with Gasteiger partial charge >= 0.3 is 0 Å². The zero-order valence-corrected chi connectivity index (χ0v) is 16.2. The largest absolute Gasteiger partial charge is 0.294 e. The van der Waals surface area contributed by atoms with Crippen LogP contribution in [0.2, 0.25) is 0 Å². The molecule has 0 N–H and O–H groups in total. The highest BCUT2D eigenvalue weighted by molar-refractivity contribution is 9.05. The van der Waals surface area contributed by atoms with Crippen molar-refractivity contribution >= 4 is 16.1 Å². The second kappa shape index (κ2) is 5.83. The first-order chi connectivity index (χ1) is 11.1. The first-order valence-corrected chi connectivity index (χ1v) is 9.95. The van der Waals surface area contributed by atoms with Gasteiger partial charge in [-0.05, 0) is 44.5 Å². The van der Waals surface area contributed by atoms with E-state index in [0.717, 1.165) is 16.6 Å². The number of hydrogen-bond donors (Lipinski definition) is 0. The van der Waals surface area contributed by atoms with Gasteiger partial charge in [0.25, 0.3) is 0 Å². The van der Waals surface area contributed by atoms with Gasteiger partial charge in [0.2, 0.25) is 16.1 Å². The lowest BCUT2D eigenvalue weighted by Crippen LogP contribution is -2.69. The smallest absolute Gasteiger partial charge is 0.239 e. The van der Waals surface area contributed by atoms with Crippen molar-refractivity contribution in [2.45, 2.75) is 58.2 Å². The average molecular weight is 379 g/mol. The number of quaternary nitrogens is 1. The summed E-state index contributed by atoms with van der Waals surface area (Å²) in [6.07, 6.45) is 11.0. The molecular weight excluding hydrogens is 350 g/mol. The number of piperazine rings is 1. The number of hydrogen-bond acceptors (Lipinski definition) is 2. The summed E-state index contributed by atoms with van der Waals surface area (Å²) in [7, 11) is 0. The van der Waals surface area contributed by atoms with Gasteiger partial charge in [-0.2, -0.15) is 3.51 Å². The van der Waals surface area contributed by atoms with E-state index in [9.17, 15) is 0 Å². The zero-order chi connectivity index (χ0) is 16.2. The third-order valence-corrected chi connectivity index (χ3v) is 7.55. The van der Waals surface area contributed by atoms with E-state index in [4.69, 9.17) is 0 Å². The van der Waals surface area contributed by atoms with Crippen LogP contribution in [0.25, 0.3) is 0 Å². The number of halogens is 1. The van der Waals surface area contributed by atoms with E-state index in [1.165, 1.54) is 43.6 Å². The number of allylic oxidation sites excluding steroid dienone is 2. The second-order valence-corrected chi connectivity index (χ2v) is 8.63. The minimum atomic E-state index is 0.591. The molecule has 4 heteroatoms. The molecule has 1 aliphatic carbocycles. The number of rotatable bonds is 2. The summed E-state index contributed by atoms with van der Waals surface area (Å²) in [4.78, 5) is 5.45. The summed E-state index contributed by atoms with van der Waals surface area (Å²) in [5.74, 6) is 0. The molecule has 23 heavy (non-hydrogen) atoms. The molecule has 4 rings (SSSR count). The van der Waals surface area contributed by atoms with Gasteiger partial charge in [-0.15, -0.1) is 0 Å². The van der Waals surface area contributed by atoms with Gasteiger partial charge in [0.15, 0.2) is 0 Å². The Hall–Kier alpha value is -0.420. The molecule has 0 saturated carbocycles. The van der Waals surface area contributed by atoms with Crippen LogP contribution in [0.1, 0.15) is 40.0 Å². The highest BCUT2D eigenvalue weighted by Gasteiger charge is 2.58. The summed E-state index contributed by atoms with van der Waals surface area (Å²) in [6.45, 7) is 11.7. The first-order valence-electron chi connectivity index (χ1n) is 9.24. The Balaban J connectivity index is 1.80. The van der Waals surface area contributed by atoms with Crippen LogP contribution in [-0.2, 0) is 0 Å². The van der Waals surface area contributed by atoms with Gasteiger partial charge in [0.1, 0.15) is 17.9 Å². The van der Waals surface area contributed by atoms with Crippen molar-refractivity contribution in [3.63, 3.8) is 0 Å². The monoisotopic (exact) mass is 378 g/mol. The number of nitrogens with zero attached hydrogens (tertiary/aromatic N) is 3. The minimum Gasteiger partial charge on any atom is -0.294 e. The molecule has 3 nitrogen and oxygen atoms in total. The summed E-state index contributed by atoms with van der Waals surface area (Å²) < 4.78 is 0.861. The predicted octanol–water partition coefficient (Wildman–Crippen LogP) is 3.80. The van der Waals surface area contributed by atoms with E-state index in [2.05, 4.69) is 65.1 Å². The molecule has 0 spiro atoms. The Kier molecular flexibility index (Phi) is 4.08. The summed E-state index contributed by atoms with van der Waals surface area (Å²) in [5, 5.41) is 0. The van der Waals surface area contributed by atoms with Gasteiger partial charge in [-0.25, -0.2) is 0 Å². The maximum Gasteiger partial charge on any atom is 0.239 e. The normalized spacial score (nSPS) is 40.7. The highest BCUT2D eigenvalue weighted by atomic mass is 79.9. The lowest BCUT2D eigenvalue weighted by molar-refractivity contribution is -0.711. The van der Waals surface area contributed by atoms with Crippen LogP contribution in [0.5, 0.6) is 0 Å². The van der Waals surface area contributed by atoms with Crippen molar-refractivity contribution in [1.82, 2.24) is 9.80 Å². The predicted molar refractivity (Wildman–Crippen MR) is 98.8 cm³/mol. The summed E-state index contributed by atoms with van der Waals surface area (Å²) in [5.41, 5.74) is 4.74. The second-order valence-electron chi connectivity index (χ2n) is 7.45. The molecule has 0 bridgehead atoms. The fourth-order valence-electron chi connectivity index (χ4n) is 5.40. The maximum atomic E-state index is 4.17. The van der Waals surface area contributed by atoms with Crippen molar-refractivity contribution in [2.75, 3.05) is 26.2 Å². The molecule has 3 heterocycles. The molecule has 0 aromatic heterocycles. The Bertz CT molecular complexity index is 593. The molecule has 0 amide bonds. The van der Waals surface area contributed by atoms with Gasteiger partial charge in [-0.1, -0.05) is 19.9 Å². The van der Waals surface area contributed by atoms with Crippen LogP contribution in [0.3, 0.4) is 0 Å². The van der Waals surface area contributed by atoms with Gasteiger partial charge in [0, 0.05) is 25.1 Å². The van der Waals surface area contributed by atoms with Crippen molar-refractivity contribution in [3.05, 3.63) is 35.2 Å². The van der Waals surface area contributed by atoms with Crippen molar-refractivity contribution in [3.8, 4) is 0 Å². The molecule has 1 saturated heterocycles. The maximum absolute atomic E-state index is 4.17. The molecule has 4 aliphatic rings. The fourth-order valence-corrected chi connectivity index (χ4v) is 6.48. The minimum absolute atomic E-state index is 0.591. The molecule has 1 fully saturated rings. The van der Waals surface area contributed by atoms with Crippen LogP contribution >= 0.6 is 16.1 Å². The SMILES string of the molecule is CCN1CCN(CC)C2C1C(C)=C[N@+]1(Br)C3=C(CCC=C3)C[C@H]21. The third kappa shape index (κ3) is 2.25. The van der Waals surface area contributed by atoms with Crippen molar-refractivity contribution in [1.29, 1.82) is 0 Å². The Morgan fingerprint density at radius 2 is 1.96 bits per heavy atom. The topological polar surface area (TPSA) is 6.48 Å². The number of fused-ring (bicyclic) bond motifs is 4. The molecule has 0 aromatic rings. The molecule has 0 aromatic carbocycles. The van der Waals surface area contributed by atoms with Gasteiger partial charge in [0.05, 0.1) is 12.1 Å². The zero-order valence-electron chi connectivity index (χ0n) is 14.6. The summed E-state index contributed by atoms with van der Waals surface area (Å²) >= 11 is 4.17. The third-order valence-electron chi connectivity index (χ3n) is 6.44. The van der Waals surface area contributed by atoms with E-state index >= 15 is 0 Å². The molecule has 3 aliphatic heterocycles. The van der Waals surface area contributed by atoms with Crippen LogP contribution in [0, 0.1) is 0 Å². The lowest BCUT2D eigenvalue weighted by Gasteiger charge is -2.54. The molecule has 126 valence electrons. The van der Waals surface area contributed by atoms with Crippen molar-refractivity contribution in [2.24, 2.45) is 0 Å². The Labute approximate surface area is 149 Å². The first kappa shape index (κ1) is 16.1. The van der Waals surface area contributed by atoms with E-state index in [-0.39, 0.29) is 0 Å². The average Bonchev–Trinajstić information content (AvgIpc) is 2.86. The molecule has 4 atom stereocenters. The van der Waals surface area contributed by atoms with Gasteiger partial charge in [-0.3, -0.25) is 9.80 Å². The Morgan fingerprint density at radius 3 is 2.70 bits per heavy atom. The van der Waals surface area contributed by atoms with E-state index in [0.29, 0.717) is 18.1 Å². The quantitative estimate of drug-likeness (QED) is 0.674. The summed E-state index contributed by atoms with van der Waals surface area (Å²) in [6, 6.07) is 1.83. The van der Waals surface area contributed by atoms with Crippen LogP contribution < -0.4 is 0 Å². The Morgan fingerprint density at radius 1 is 1.22 bits per heavy atom. The molecule has 0 radical (unpaired) electrons. The lowest BCUT2D eigenvalue weighted by atomic mass is 9.84. The highest BCUT2D eigenvalue weighted by Crippen LogP contribution is 2.52. The van der Waals surface area contributed by atoms with Crippen LogP contribution in [-0.4, -0.2) is 57.6 Å². The van der Waals surface area contributed by atoms with E-state index in [1.807, 2.05) is 0 Å². The standard InChI is InChI=1S/C19H29BrN3/c1-4-21-10-11-22(5-2)19-17-12-15-8-6-7-9-16(15)23(17,20)13-14(3)18(19)21/h7,9,13,17-19H,4-6,8,10-12H2,1-3H3/q+1/t17-,18?,19?,23+/m1/s1. The van der Waals surface area contributed by atoms with Crippen LogP contribution in [0.4, 0.5) is 0 Å². The van der Waals surface area contributed by atoms with E-state index in [1.54, 1.807) is 5.57 Å². The molecular formula is C19H29BrN3+.